The molecule has 1 aliphatic rings. The fourth-order valence-electron chi connectivity index (χ4n) is 2.55. The van der Waals surface area contributed by atoms with Gasteiger partial charge in [-0.3, -0.25) is 0 Å². The Balaban J connectivity index is 1.88. The molecule has 0 spiro atoms. The van der Waals surface area contributed by atoms with Gasteiger partial charge in [-0.05, 0) is 56.5 Å². The summed E-state index contributed by atoms with van der Waals surface area (Å²) in [4.78, 5) is 0. The lowest BCUT2D eigenvalue weighted by atomic mass is 9.89. The van der Waals surface area contributed by atoms with E-state index in [2.05, 4.69) is 5.32 Å². The van der Waals surface area contributed by atoms with E-state index in [0.717, 1.165) is 25.0 Å². The molecule has 0 aromatic heterocycles. The number of halogens is 1. The fraction of sp³-hybridized carbons (Fsp3) is 0.600. The number of hydrogen-bond donors (Lipinski definition) is 3. The van der Waals surface area contributed by atoms with E-state index in [9.17, 15) is 5.11 Å². The summed E-state index contributed by atoms with van der Waals surface area (Å²) in [6.07, 6.45) is 2.78. The summed E-state index contributed by atoms with van der Waals surface area (Å²) in [5.41, 5.74) is 0. The van der Waals surface area contributed by atoms with Crippen LogP contribution < -0.4 is 10.1 Å². The van der Waals surface area contributed by atoms with Crippen molar-refractivity contribution >= 4 is 11.6 Å². The second-order valence-corrected chi connectivity index (χ2v) is 5.61. The predicted octanol–water partition coefficient (Wildman–Crippen LogP) is 1.97. The number of rotatable bonds is 6. The third-order valence-corrected chi connectivity index (χ3v) is 3.89. The van der Waals surface area contributed by atoms with Crippen LogP contribution >= 0.6 is 11.6 Å². The molecule has 2 rings (SSSR count). The molecule has 0 unspecified atom stereocenters. The van der Waals surface area contributed by atoms with Crippen LogP contribution in [0.2, 0.25) is 5.02 Å². The molecule has 3 N–H and O–H groups in total. The minimum Gasteiger partial charge on any atom is -0.488 e. The molecule has 112 valence electrons. The summed E-state index contributed by atoms with van der Waals surface area (Å²) in [5.74, 6) is 0.731. The highest BCUT2D eigenvalue weighted by atomic mass is 35.5. The summed E-state index contributed by atoms with van der Waals surface area (Å²) in [6.45, 7) is 0.881. The second kappa shape index (κ2) is 7.84. The largest absolute Gasteiger partial charge is 0.488 e. The van der Waals surface area contributed by atoms with Crippen molar-refractivity contribution in [1.29, 1.82) is 0 Å². The summed E-state index contributed by atoms with van der Waals surface area (Å²) >= 11 is 5.84. The first-order valence-electron chi connectivity index (χ1n) is 7.15. The van der Waals surface area contributed by atoms with Gasteiger partial charge in [-0.15, -0.1) is 0 Å². The van der Waals surface area contributed by atoms with Crippen molar-refractivity contribution < 1.29 is 14.9 Å². The van der Waals surface area contributed by atoms with E-state index in [4.69, 9.17) is 21.4 Å². The molecule has 1 aromatic carbocycles. The lowest BCUT2D eigenvalue weighted by molar-refractivity contribution is -0.0154. The number of nitrogens with one attached hydrogen (secondary N) is 1. The zero-order valence-corrected chi connectivity index (χ0v) is 12.2. The van der Waals surface area contributed by atoms with Gasteiger partial charge in [-0.25, -0.2) is 0 Å². The number of hydrogen-bond acceptors (Lipinski definition) is 4. The summed E-state index contributed by atoms with van der Waals surface area (Å²) < 4.78 is 5.86. The maximum atomic E-state index is 10.4. The van der Waals surface area contributed by atoms with Crippen LogP contribution in [-0.2, 0) is 0 Å². The highest BCUT2D eigenvalue weighted by molar-refractivity contribution is 6.30. The first kappa shape index (κ1) is 15.6. The van der Waals surface area contributed by atoms with Crippen molar-refractivity contribution in [3.8, 4) is 5.75 Å². The average Bonchev–Trinajstić information content (AvgIpc) is 2.45. The highest BCUT2D eigenvalue weighted by Gasteiger charge is 2.32. The van der Waals surface area contributed by atoms with Crippen molar-refractivity contribution in [1.82, 2.24) is 5.32 Å². The third kappa shape index (κ3) is 4.35. The molecule has 1 aromatic rings. The zero-order chi connectivity index (χ0) is 14.4. The summed E-state index contributed by atoms with van der Waals surface area (Å²) in [5, 5.41) is 23.1. The van der Waals surface area contributed by atoms with E-state index in [1.807, 2.05) is 12.1 Å². The molecule has 1 fully saturated rings. The van der Waals surface area contributed by atoms with E-state index in [-0.39, 0.29) is 18.8 Å². The molecule has 3 atom stereocenters. The van der Waals surface area contributed by atoms with Crippen molar-refractivity contribution in [3.63, 3.8) is 0 Å². The van der Waals surface area contributed by atoms with Gasteiger partial charge in [0, 0.05) is 17.7 Å². The monoisotopic (exact) mass is 299 g/mol. The average molecular weight is 300 g/mol. The molecule has 0 bridgehead atoms. The maximum absolute atomic E-state index is 10.4. The lowest BCUT2D eigenvalue weighted by Gasteiger charge is -2.35. The van der Waals surface area contributed by atoms with Gasteiger partial charge < -0.3 is 20.3 Å². The van der Waals surface area contributed by atoms with E-state index in [1.165, 1.54) is 0 Å². The van der Waals surface area contributed by atoms with Crippen LogP contribution in [0.5, 0.6) is 5.75 Å². The van der Waals surface area contributed by atoms with Crippen molar-refractivity contribution in [3.05, 3.63) is 29.3 Å². The summed E-state index contributed by atoms with van der Waals surface area (Å²) in [6, 6.07) is 7.23. The minimum absolute atomic E-state index is 0.0348. The molecule has 1 saturated carbocycles. The molecule has 0 heterocycles. The topological polar surface area (TPSA) is 61.7 Å². The molecule has 5 heteroatoms. The molecule has 0 amide bonds. The minimum atomic E-state index is -0.530. The van der Waals surface area contributed by atoms with Crippen LogP contribution in [-0.4, -0.2) is 41.6 Å². The van der Waals surface area contributed by atoms with E-state index in [0.29, 0.717) is 18.0 Å². The molecular formula is C15H22ClNO3. The molecule has 0 aliphatic heterocycles. The lowest BCUT2D eigenvalue weighted by Crippen LogP contribution is -2.51. The zero-order valence-electron chi connectivity index (χ0n) is 11.5. The number of ether oxygens (including phenoxy) is 1. The molecule has 0 saturated heterocycles. The van der Waals surface area contributed by atoms with Gasteiger partial charge in [-0.2, -0.15) is 0 Å². The van der Waals surface area contributed by atoms with Crippen LogP contribution in [0.25, 0.3) is 0 Å². The van der Waals surface area contributed by atoms with Crippen molar-refractivity contribution in [2.45, 2.75) is 43.9 Å². The Morgan fingerprint density at radius 3 is 2.70 bits per heavy atom. The molecule has 4 nitrogen and oxygen atoms in total. The Bertz CT molecular complexity index is 399. The van der Waals surface area contributed by atoms with Gasteiger partial charge in [-0.1, -0.05) is 11.6 Å². The standard InChI is InChI=1S/C15H22ClNO3/c16-11-5-7-12(8-6-11)20-14-4-1-3-13(15(14)19)17-9-2-10-18/h5-8,13-15,17-19H,1-4,9-10H2/t13-,14+,15+/m0/s1. The Morgan fingerprint density at radius 1 is 1.25 bits per heavy atom. The second-order valence-electron chi connectivity index (χ2n) is 5.17. The van der Waals surface area contributed by atoms with Crippen LogP contribution in [0.1, 0.15) is 25.7 Å². The molecule has 1 aliphatic carbocycles. The fourth-order valence-corrected chi connectivity index (χ4v) is 2.67. The SMILES string of the molecule is OCCCN[C@H]1CCC[C@@H](Oc2ccc(Cl)cc2)[C@@H]1O. The normalized spacial score (nSPS) is 26.4. The van der Waals surface area contributed by atoms with Crippen LogP contribution in [0.15, 0.2) is 24.3 Å². The van der Waals surface area contributed by atoms with Crippen LogP contribution in [0.4, 0.5) is 0 Å². The number of aliphatic hydroxyl groups excluding tert-OH is 2. The molecule has 20 heavy (non-hydrogen) atoms. The van der Waals surface area contributed by atoms with Crippen molar-refractivity contribution in [2.75, 3.05) is 13.2 Å². The smallest absolute Gasteiger partial charge is 0.126 e. The Labute approximate surface area is 124 Å². The first-order chi connectivity index (χ1) is 9.70. The van der Waals surface area contributed by atoms with Crippen LogP contribution in [0, 0.1) is 0 Å². The molecule has 0 radical (unpaired) electrons. The van der Waals surface area contributed by atoms with Gasteiger partial charge in [0.25, 0.3) is 0 Å². The van der Waals surface area contributed by atoms with Gasteiger partial charge in [0.1, 0.15) is 18.0 Å². The maximum Gasteiger partial charge on any atom is 0.126 e. The Morgan fingerprint density at radius 2 is 2.00 bits per heavy atom. The van der Waals surface area contributed by atoms with E-state index in [1.54, 1.807) is 12.1 Å². The first-order valence-corrected chi connectivity index (χ1v) is 7.53. The highest BCUT2D eigenvalue weighted by Crippen LogP contribution is 2.25. The van der Waals surface area contributed by atoms with Gasteiger partial charge in [0.05, 0.1) is 0 Å². The third-order valence-electron chi connectivity index (χ3n) is 3.64. The van der Waals surface area contributed by atoms with E-state index < -0.39 is 6.10 Å². The van der Waals surface area contributed by atoms with Gasteiger partial charge >= 0.3 is 0 Å². The Kier molecular flexibility index (Phi) is 6.10. The Hall–Kier alpha value is -0.810. The number of benzene rings is 1. The number of aliphatic hydroxyl groups is 2. The predicted molar refractivity (Wildman–Crippen MR) is 79.2 cm³/mol. The van der Waals surface area contributed by atoms with Gasteiger partial charge in [0.15, 0.2) is 0 Å². The van der Waals surface area contributed by atoms with Crippen molar-refractivity contribution in [2.24, 2.45) is 0 Å². The molecular weight excluding hydrogens is 278 g/mol. The van der Waals surface area contributed by atoms with Gasteiger partial charge in [0.2, 0.25) is 0 Å². The summed E-state index contributed by atoms with van der Waals surface area (Å²) in [7, 11) is 0. The van der Waals surface area contributed by atoms with Crippen LogP contribution in [0.3, 0.4) is 0 Å². The quantitative estimate of drug-likeness (QED) is 0.703. The van der Waals surface area contributed by atoms with E-state index >= 15 is 0 Å².